The van der Waals surface area contributed by atoms with E-state index in [-0.39, 0.29) is 12.1 Å². The average molecular weight is 258 g/mol. The molecule has 3 N–H and O–H groups in total. The second kappa shape index (κ2) is 5.52. The van der Waals surface area contributed by atoms with E-state index in [0.717, 1.165) is 11.1 Å². The third-order valence-corrected chi connectivity index (χ3v) is 2.86. The monoisotopic (exact) mass is 258 g/mol. The van der Waals surface area contributed by atoms with Crippen molar-refractivity contribution in [2.24, 2.45) is 0 Å². The zero-order chi connectivity index (χ0) is 13.8. The highest BCUT2D eigenvalue weighted by atomic mass is 19.1. The molecule has 2 aromatic carbocycles. The second-order valence-electron chi connectivity index (χ2n) is 4.36. The van der Waals surface area contributed by atoms with Gasteiger partial charge in [0.2, 0.25) is 0 Å². The van der Waals surface area contributed by atoms with Crippen molar-refractivity contribution < 1.29 is 9.18 Å². The van der Waals surface area contributed by atoms with Gasteiger partial charge >= 0.3 is 0 Å². The van der Waals surface area contributed by atoms with Crippen LogP contribution in [0.25, 0.3) is 0 Å². The molecule has 1 amide bonds. The number of hydrogen-bond donors (Lipinski definition) is 2. The summed E-state index contributed by atoms with van der Waals surface area (Å²) >= 11 is 0. The fourth-order valence-electron chi connectivity index (χ4n) is 1.77. The number of carbonyl (C=O) groups is 1. The van der Waals surface area contributed by atoms with Gasteiger partial charge < -0.3 is 11.1 Å². The second-order valence-corrected chi connectivity index (χ2v) is 4.36. The van der Waals surface area contributed by atoms with E-state index in [0.29, 0.717) is 5.69 Å². The molecule has 19 heavy (non-hydrogen) atoms. The van der Waals surface area contributed by atoms with E-state index in [4.69, 9.17) is 5.73 Å². The Bertz CT molecular complexity index is 611. The van der Waals surface area contributed by atoms with Crippen LogP contribution in [0, 0.1) is 12.7 Å². The van der Waals surface area contributed by atoms with Crippen LogP contribution in [0.15, 0.2) is 42.5 Å². The number of nitrogen functional groups attached to an aromatic ring is 1. The normalized spacial score (nSPS) is 10.2. The predicted molar refractivity (Wildman–Crippen MR) is 73.2 cm³/mol. The Labute approximate surface area is 111 Å². The molecule has 0 bridgehead atoms. The summed E-state index contributed by atoms with van der Waals surface area (Å²) in [5.41, 5.74) is 8.00. The minimum absolute atomic E-state index is 0.0418. The standard InChI is InChI=1S/C15H15FN2O/c1-10-6-7-12(13(16)8-10)15(19)18-9-11-4-2-3-5-14(11)17/h2-8H,9,17H2,1H3,(H,18,19). The van der Waals surface area contributed by atoms with Gasteiger partial charge in [-0.25, -0.2) is 4.39 Å². The molecule has 4 heteroatoms. The van der Waals surface area contributed by atoms with Crippen molar-refractivity contribution in [1.29, 1.82) is 0 Å². The molecule has 0 unspecified atom stereocenters. The van der Waals surface area contributed by atoms with Crippen LogP contribution in [-0.4, -0.2) is 5.91 Å². The number of amides is 1. The van der Waals surface area contributed by atoms with E-state index in [1.54, 1.807) is 19.1 Å². The fraction of sp³-hybridized carbons (Fsp3) is 0.133. The Morgan fingerprint density at radius 3 is 2.68 bits per heavy atom. The highest BCUT2D eigenvalue weighted by molar-refractivity contribution is 5.94. The van der Waals surface area contributed by atoms with Crippen molar-refractivity contribution in [1.82, 2.24) is 5.32 Å². The van der Waals surface area contributed by atoms with E-state index in [1.165, 1.54) is 12.1 Å². The maximum absolute atomic E-state index is 13.6. The molecule has 0 aromatic heterocycles. The lowest BCUT2D eigenvalue weighted by atomic mass is 10.1. The Kier molecular flexibility index (Phi) is 3.80. The molecule has 0 fully saturated rings. The zero-order valence-electron chi connectivity index (χ0n) is 10.6. The van der Waals surface area contributed by atoms with Crippen molar-refractivity contribution in [3.05, 3.63) is 65.0 Å². The molecule has 2 aromatic rings. The Morgan fingerprint density at radius 2 is 2.00 bits per heavy atom. The number of halogens is 1. The number of aryl methyl sites for hydroxylation is 1. The maximum Gasteiger partial charge on any atom is 0.254 e. The van der Waals surface area contributed by atoms with Crippen LogP contribution in [-0.2, 0) is 6.54 Å². The highest BCUT2D eigenvalue weighted by Gasteiger charge is 2.11. The molecule has 98 valence electrons. The van der Waals surface area contributed by atoms with Crippen molar-refractivity contribution in [3.63, 3.8) is 0 Å². The first-order valence-electron chi connectivity index (χ1n) is 5.95. The Balaban J connectivity index is 2.08. The number of nitrogens with two attached hydrogens (primary N) is 1. The number of anilines is 1. The molecule has 3 nitrogen and oxygen atoms in total. The third kappa shape index (κ3) is 3.10. The predicted octanol–water partition coefficient (Wildman–Crippen LogP) is 2.65. The SMILES string of the molecule is Cc1ccc(C(=O)NCc2ccccc2N)c(F)c1. The van der Waals surface area contributed by atoms with Gasteiger partial charge in [-0.2, -0.15) is 0 Å². The number of rotatable bonds is 3. The number of para-hydroxylation sites is 1. The van der Waals surface area contributed by atoms with Crippen LogP contribution in [0.1, 0.15) is 21.5 Å². The van der Waals surface area contributed by atoms with Crippen molar-refractivity contribution in [2.45, 2.75) is 13.5 Å². The molecule has 0 aliphatic carbocycles. The van der Waals surface area contributed by atoms with Gasteiger partial charge in [0, 0.05) is 12.2 Å². The number of benzene rings is 2. The van der Waals surface area contributed by atoms with Crippen molar-refractivity contribution in [2.75, 3.05) is 5.73 Å². The molecular weight excluding hydrogens is 243 g/mol. The van der Waals surface area contributed by atoms with Gasteiger partial charge in [0.15, 0.2) is 0 Å². The third-order valence-electron chi connectivity index (χ3n) is 2.86. The number of carbonyl (C=O) groups excluding carboxylic acids is 1. The first-order valence-corrected chi connectivity index (χ1v) is 5.95. The number of nitrogens with one attached hydrogen (secondary N) is 1. The minimum atomic E-state index is -0.515. The molecule has 0 radical (unpaired) electrons. The van der Waals surface area contributed by atoms with E-state index in [2.05, 4.69) is 5.32 Å². The smallest absolute Gasteiger partial charge is 0.254 e. The van der Waals surface area contributed by atoms with Crippen LogP contribution in [0.3, 0.4) is 0 Å². The van der Waals surface area contributed by atoms with Gasteiger partial charge in [0.25, 0.3) is 5.91 Å². The van der Waals surface area contributed by atoms with Crippen LogP contribution in [0.2, 0.25) is 0 Å². The van der Waals surface area contributed by atoms with Crippen molar-refractivity contribution in [3.8, 4) is 0 Å². The molecule has 0 aliphatic rings. The molecule has 0 aliphatic heterocycles. The van der Waals surface area contributed by atoms with Crippen LogP contribution in [0.5, 0.6) is 0 Å². The summed E-state index contributed by atoms with van der Waals surface area (Å²) in [5.74, 6) is -0.959. The largest absolute Gasteiger partial charge is 0.398 e. The lowest BCUT2D eigenvalue weighted by Gasteiger charge is -2.08. The summed E-state index contributed by atoms with van der Waals surface area (Å²) in [4.78, 5) is 11.9. The lowest BCUT2D eigenvalue weighted by molar-refractivity contribution is 0.0947. The quantitative estimate of drug-likeness (QED) is 0.831. The van der Waals surface area contributed by atoms with Gasteiger partial charge in [-0.3, -0.25) is 4.79 Å². The van der Waals surface area contributed by atoms with Gasteiger partial charge in [0.1, 0.15) is 5.82 Å². The molecule has 0 saturated carbocycles. The summed E-state index contributed by atoms with van der Waals surface area (Å²) in [6, 6.07) is 11.8. The summed E-state index contributed by atoms with van der Waals surface area (Å²) in [6.45, 7) is 2.05. The molecule has 0 saturated heterocycles. The average Bonchev–Trinajstić information content (AvgIpc) is 2.37. The molecule has 2 rings (SSSR count). The van der Waals surface area contributed by atoms with E-state index >= 15 is 0 Å². The van der Waals surface area contributed by atoms with E-state index < -0.39 is 11.7 Å². The zero-order valence-corrected chi connectivity index (χ0v) is 10.6. The summed E-state index contributed by atoms with van der Waals surface area (Å²) in [6.07, 6.45) is 0. The topological polar surface area (TPSA) is 55.1 Å². The first-order chi connectivity index (χ1) is 9.08. The molecule has 0 spiro atoms. The summed E-state index contributed by atoms with van der Waals surface area (Å²) in [7, 11) is 0. The molecular formula is C15H15FN2O. The lowest BCUT2D eigenvalue weighted by Crippen LogP contribution is -2.24. The first kappa shape index (κ1) is 13.1. The summed E-state index contributed by atoms with van der Waals surface area (Å²) in [5, 5.41) is 2.66. The Morgan fingerprint density at radius 1 is 1.26 bits per heavy atom. The van der Waals surface area contributed by atoms with Gasteiger partial charge in [-0.1, -0.05) is 24.3 Å². The van der Waals surface area contributed by atoms with E-state index in [9.17, 15) is 9.18 Å². The highest BCUT2D eigenvalue weighted by Crippen LogP contribution is 2.12. The Hall–Kier alpha value is -2.36. The summed E-state index contributed by atoms with van der Waals surface area (Å²) < 4.78 is 13.6. The fourth-order valence-corrected chi connectivity index (χ4v) is 1.77. The molecule has 0 atom stereocenters. The van der Waals surface area contributed by atoms with E-state index in [1.807, 2.05) is 18.2 Å². The van der Waals surface area contributed by atoms with Gasteiger partial charge in [0.05, 0.1) is 5.56 Å². The van der Waals surface area contributed by atoms with Crippen molar-refractivity contribution >= 4 is 11.6 Å². The number of hydrogen-bond acceptors (Lipinski definition) is 2. The van der Waals surface area contributed by atoms with Gasteiger partial charge in [-0.05, 0) is 36.2 Å². The van der Waals surface area contributed by atoms with Gasteiger partial charge in [-0.15, -0.1) is 0 Å². The minimum Gasteiger partial charge on any atom is -0.398 e. The van der Waals surface area contributed by atoms with Crippen LogP contribution in [0.4, 0.5) is 10.1 Å². The van der Waals surface area contributed by atoms with Crippen LogP contribution < -0.4 is 11.1 Å². The maximum atomic E-state index is 13.6. The molecule has 0 heterocycles. The van der Waals surface area contributed by atoms with Crippen LogP contribution >= 0.6 is 0 Å².